The highest BCUT2D eigenvalue weighted by atomic mass is 19.1. The predicted octanol–water partition coefficient (Wildman–Crippen LogP) is 0.565. The van der Waals surface area contributed by atoms with Crippen molar-refractivity contribution in [3.63, 3.8) is 0 Å². The molecule has 0 aliphatic carbocycles. The molecule has 2 N–H and O–H groups in total. The third kappa shape index (κ3) is 3.84. The summed E-state index contributed by atoms with van der Waals surface area (Å²) in [4.78, 5) is 26.5. The van der Waals surface area contributed by atoms with Crippen LogP contribution < -0.4 is 15.1 Å². The monoisotopic (exact) mass is 441 g/mol. The van der Waals surface area contributed by atoms with Crippen molar-refractivity contribution in [2.24, 2.45) is 0 Å². The van der Waals surface area contributed by atoms with Crippen LogP contribution in [0.2, 0.25) is 0 Å². The zero-order chi connectivity index (χ0) is 22.2. The number of hydrogen-bond donors (Lipinski definition) is 2. The number of rotatable bonds is 6. The van der Waals surface area contributed by atoms with Crippen molar-refractivity contribution in [2.75, 3.05) is 22.9 Å². The molecule has 1 fully saturated rings. The predicted molar refractivity (Wildman–Crippen MR) is 108 cm³/mol. The van der Waals surface area contributed by atoms with Crippen molar-refractivity contribution in [2.45, 2.75) is 32.7 Å². The normalized spacial score (nSPS) is 17.6. The Morgan fingerprint density at radius 2 is 2.25 bits per heavy atom. The first-order chi connectivity index (χ1) is 15.5. The molecular formula is C19H20FN9O3. The summed E-state index contributed by atoms with van der Waals surface area (Å²) in [5.74, 6) is -0.113. The minimum atomic E-state index is -0.565. The van der Waals surface area contributed by atoms with E-state index in [1.807, 2.05) is 11.1 Å². The molecule has 0 radical (unpaired) electrons. The van der Waals surface area contributed by atoms with Crippen molar-refractivity contribution >= 4 is 23.4 Å². The Morgan fingerprint density at radius 3 is 2.97 bits per heavy atom. The van der Waals surface area contributed by atoms with Crippen LogP contribution in [0.5, 0.6) is 0 Å². The minimum absolute atomic E-state index is 0.206. The van der Waals surface area contributed by atoms with Gasteiger partial charge in [-0.3, -0.25) is 14.4 Å². The summed E-state index contributed by atoms with van der Waals surface area (Å²) in [5, 5.41) is 20.9. The molecule has 1 aromatic carbocycles. The maximum atomic E-state index is 15.0. The molecule has 2 aliphatic rings. The van der Waals surface area contributed by atoms with E-state index in [4.69, 9.17) is 4.74 Å². The van der Waals surface area contributed by atoms with Crippen LogP contribution in [0.4, 0.5) is 20.6 Å². The lowest BCUT2D eigenvalue weighted by Crippen LogP contribution is -2.33. The molecule has 13 heteroatoms. The van der Waals surface area contributed by atoms with E-state index >= 15 is 0 Å². The van der Waals surface area contributed by atoms with Crippen LogP contribution >= 0.6 is 0 Å². The molecule has 2 amide bonds. The minimum Gasteiger partial charge on any atom is -0.442 e. The van der Waals surface area contributed by atoms with Gasteiger partial charge in [-0.2, -0.15) is 10.3 Å². The van der Waals surface area contributed by atoms with Gasteiger partial charge in [0.1, 0.15) is 18.5 Å². The molecular weight excluding hydrogens is 421 g/mol. The lowest BCUT2D eigenvalue weighted by molar-refractivity contribution is -0.119. The molecule has 0 spiro atoms. The van der Waals surface area contributed by atoms with Crippen LogP contribution in [-0.4, -0.2) is 61.6 Å². The standard InChI is InChI=1S/C19H20FN9O3/c1-11(30)21-5-14-8-29(19(31)32-14)13-2-3-17(15(20)4-13)27-6-12-7-28(24-16(12)9-27)10-18-22-25-26-23-18/h2-4,7,14H,5-6,8-10H2,1H3,(H,21,30)(H,22,23,25,26)/t14-/m0/s1. The maximum absolute atomic E-state index is 15.0. The van der Waals surface area contributed by atoms with E-state index in [9.17, 15) is 14.0 Å². The number of aromatic amines is 1. The Morgan fingerprint density at radius 1 is 1.38 bits per heavy atom. The number of carbonyl (C=O) groups excluding carboxylic acids is 2. The fraction of sp³-hybridized carbons (Fsp3) is 0.368. The zero-order valence-electron chi connectivity index (χ0n) is 17.2. The van der Waals surface area contributed by atoms with Crippen molar-refractivity contribution in [1.82, 2.24) is 35.7 Å². The fourth-order valence-electron chi connectivity index (χ4n) is 3.87. The lowest BCUT2D eigenvalue weighted by Gasteiger charge is -2.21. The van der Waals surface area contributed by atoms with Crippen LogP contribution in [0.25, 0.3) is 0 Å². The largest absolute Gasteiger partial charge is 0.442 e. The molecule has 32 heavy (non-hydrogen) atoms. The van der Waals surface area contributed by atoms with Gasteiger partial charge < -0.3 is 15.0 Å². The number of anilines is 2. The molecule has 4 heterocycles. The number of nitrogens with one attached hydrogen (secondary N) is 2. The van der Waals surface area contributed by atoms with Crippen molar-refractivity contribution in [3.8, 4) is 0 Å². The van der Waals surface area contributed by atoms with Crippen LogP contribution in [0.15, 0.2) is 24.4 Å². The number of nitrogens with zero attached hydrogens (tertiary/aromatic N) is 7. The third-order valence-electron chi connectivity index (χ3n) is 5.36. The van der Waals surface area contributed by atoms with Gasteiger partial charge in [0.2, 0.25) is 5.91 Å². The van der Waals surface area contributed by atoms with E-state index in [0.29, 0.717) is 36.8 Å². The Labute approximate surface area is 181 Å². The number of fused-ring (bicyclic) bond motifs is 1. The summed E-state index contributed by atoms with van der Waals surface area (Å²) < 4.78 is 21.9. The molecule has 0 saturated carbocycles. The van der Waals surface area contributed by atoms with E-state index < -0.39 is 18.0 Å². The van der Waals surface area contributed by atoms with Crippen molar-refractivity contribution < 1.29 is 18.7 Å². The van der Waals surface area contributed by atoms with Gasteiger partial charge in [-0.15, -0.1) is 10.2 Å². The average molecular weight is 441 g/mol. The summed E-state index contributed by atoms with van der Waals surface area (Å²) in [6.45, 7) is 3.23. The molecule has 0 bridgehead atoms. The van der Waals surface area contributed by atoms with Gasteiger partial charge in [0.25, 0.3) is 0 Å². The molecule has 2 aromatic heterocycles. The van der Waals surface area contributed by atoms with E-state index in [1.54, 1.807) is 16.8 Å². The Bertz CT molecular complexity index is 1140. The second-order valence-corrected chi connectivity index (χ2v) is 7.67. The number of hydrogen-bond acceptors (Lipinski definition) is 8. The first-order valence-corrected chi connectivity index (χ1v) is 10.0. The SMILES string of the molecule is CC(=O)NC[C@H]1CN(c2ccc(N3Cc4cn(Cc5nn[nH]n5)nc4C3)c(F)c2)C(=O)O1. The Balaban J connectivity index is 1.25. The number of aromatic nitrogens is 6. The maximum Gasteiger partial charge on any atom is 0.414 e. The lowest BCUT2D eigenvalue weighted by atomic mass is 10.2. The second-order valence-electron chi connectivity index (χ2n) is 7.67. The molecule has 12 nitrogen and oxygen atoms in total. The van der Waals surface area contributed by atoms with Gasteiger partial charge in [0.05, 0.1) is 36.7 Å². The zero-order valence-corrected chi connectivity index (χ0v) is 17.2. The molecule has 2 aliphatic heterocycles. The van der Waals surface area contributed by atoms with Crippen LogP contribution in [-0.2, 0) is 29.2 Å². The molecule has 5 rings (SSSR count). The second kappa shape index (κ2) is 7.90. The molecule has 1 atom stereocenters. The Hall–Kier alpha value is -4.03. The van der Waals surface area contributed by atoms with Gasteiger partial charge in [-0.25, -0.2) is 9.18 Å². The first kappa shape index (κ1) is 19.9. The topological polar surface area (TPSA) is 134 Å². The number of carbonyl (C=O) groups is 2. The molecule has 1 saturated heterocycles. The number of cyclic esters (lactones) is 1. The highest BCUT2D eigenvalue weighted by Gasteiger charge is 2.33. The van der Waals surface area contributed by atoms with Crippen LogP contribution in [0, 0.1) is 5.82 Å². The number of ether oxygens (including phenoxy) is 1. The summed E-state index contributed by atoms with van der Waals surface area (Å²) in [7, 11) is 0. The molecule has 0 unspecified atom stereocenters. The van der Waals surface area contributed by atoms with Gasteiger partial charge in [-0.1, -0.05) is 5.21 Å². The van der Waals surface area contributed by atoms with E-state index in [-0.39, 0.29) is 19.0 Å². The van der Waals surface area contributed by atoms with Crippen LogP contribution in [0.3, 0.4) is 0 Å². The van der Waals surface area contributed by atoms with Gasteiger partial charge >= 0.3 is 6.09 Å². The number of amides is 2. The number of benzene rings is 1. The quantitative estimate of drug-likeness (QED) is 0.567. The highest BCUT2D eigenvalue weighted by Crippen LogP contribution is 2.32. The number of H-pyrrole nitrogens is 1. The van der Waals surface area contributed by atoms with Crippen molar-refractivity contribution in [3.05, 3.63) is 47.3 Å². The van der Waals surface area contributed by atoms with E-state index in [0.717, 1.165) is 11.3 Å². The smallest absolute Gasteiger partial charge is 0.414 e. The number of tetrazole rings is 1. The van der Waals surface area contributed by atoms with Gasteiger partial charge in [-0.05, 0) is 18.2 Å². The molecule has 166 valence electrons. The first-order valence-electron chi connectivity index (χ1n) is 10.0. The Kier molecular flexibility index (Phi) is 4.92. The van der Waals surface area contributed by atoms with Gasteiger partial charge in [0.15, 0.2) is 5.82 Å². The summed E-state index contributed by atoms with van der Waals surface area (Å²) >= 11 is 0. The fourth-order valence-corrected chi connectivity index (χ4v) is 3.87. The summed E-state index contributed by atoms with van der Waals surface area (Å²) in [6.07, 6.45) is 0.852. The van der Waals surface area contributed by atoms with Gasteiger partial charge in [0, 0.05) is 25.2 Å². The molecule has 3 aromatic rings. The third-order valence-corrected chi connectivity index (χ3v) is 5.36. The van der Waals surface area contributed by atoms with E-state index in [1.165, 1.54) is 17.9 Å². The highest BCUT2D eigenvalue weighted by molar-refractivity contribution is 5.90. The van der Waals surface area contributed by atoms with E-state index in [2.05, 4.69) is 31.0 Å². The summed E-state index contributed by atoms with van der Waals surface area (Å²) in [5.41, 5.74) is 2.70. The van der Waals surface area contributed by atoms with Crippen LogP contribution in [0.1, 0.15) is 24.0 Å². The number of halogens is 1. The average Bonchev–Trinajstić information content (AvgIpc) is 3.51. The van der Waals surface area contributed by atoms with Crippen molar-refractivity contribution in [1.29, 1.82) is 0 Å². The summed E-state index contributed by atoms with van der Waals surface area (Å²) in [6, 6.07) is 4.66.